The molecule has 1 aromatic heterocycles. The Hall–Kier alpha value is -0.580. The van der Waals surface area contributed by atoms with Crippen molar-refractivity contribution in [2.75, 3.05) is 6.54 Å². The van der Waals surface area contributed by atoms with E-state index in [2.05, 4.69) is 5.10 Å². The zero-order valence-corrected chi connectivity index (χ0v) is 10.8. The molecule has 0 aliphatic carbocycles. The molecule has 0 spiro atoms. The Morgan fingerprint density at radius 2 is 2.25 bits per heavy atom. The second-order valence-corrected chi connectivity index (χ2v) is 4.77. The van der Waals surface area contributed by atoms with Crippen molar-refractivity contribution in [3.63, 3.8) is 0 Å². The fraction of sp³-hybridized carbons (Fsp3) is 0.727. The molecular weight excluding hydrogens is 226 g/mol. The number of rotatable bonds is 5. The molecule has 1 unspecified atom stereocenters. The molecule has 0 aromatic carbocycles. The fourth-order valence-corrected chi connectivity index (χ4v) is 2.21. The Bertz CT molecular complexity index is 351. The predicted octanol–water partition coefficient (Wildman–Crippen LogP) is 2.06. The van der Waals surface area contributed by atoms with Crippen molar-refractivity contribution in [2.45, 2.75) is 45.3 Å². The summed E-state index contributed by atoms with van der Waals surface area (Å²) < 4.78 is 1.74. The summed E-state index contributed by atoms with van der Waals surface area (Å²) in [5, 5.41) is 15.2. The van der Waals surface area contributed by atoms with E-state index in [1.807, 2.05) is 20.8 Å². The number of hydrogen-bond acceptors (Lipinski definition) is 3. The van der Waals surface area contributed by atoms with E-state index in [9.17, 15) is 5.11 Å². The van der Waals surface area contributed by atoms with Crippen LogP contribution in [0.3, 0.4) is 0 Å². The van der Waals surface area contributed by atoms with E-state index in [4.69, 9.17) is 17.3 Å². The van der Waals surface area contributed by atoms with Gasteiger partial charge < -0.3 is 10.8 Å². The lowest BCUT2D eigenvalue weighted by atomic mass is 9.94. The first kappa shape index (κ1) is 13.5. The van der Waals surface area contributed by atoms with E-state index in [0.29, 0.717) is 17.1 Å². The molecule has 1 heterocycles. The van der Waals surface area contributed by atoms with Crippen LogP contribution in [0.15, 0.2) is 6.20 Å². The summed E-state index contributed by atoms with van der Waals surface area (Å²) in [5.41, 5.74) is 5.23. The summed E-state index contributed by atoms with van der Waals surface area (Å²) in [5.74, 6) is 0. The summed E-state index contributed by atoms with van der Waals surface area (Å²) >= 11 is 6.09. The molecular formula is C11H20ClN3O. The average molecular weight is 246 g/mol. The van der Waals surface area contributed by atoms with Gasteiger partial charge in [-0.2, -0.15) is 5.10 Å². The Labute approximate surface area is 101 Å². The minimum absolute atomic E-state index is 0.150. The highest BCUT2D eigenvalue weighted by Crippen LogP contribution is 2.32. The summed E-state index contributed by atoms with van der Waals surface area (Å²) in [4.78, 5) is 0. The summed E-state index contributed by atoms with van der Waals surface area (Å²) in [6.07, 6.45) is 2.99. The van der Waals surface area contributed by atoms with Gasteiger partial charge in [0.15, 0.2) is 0 Å². The van der Waals surface area contributed by atoms with Gasteiger partial charge in [0, 0.05) is 12.6 Å². The van der Waals surface area contributed by atoms with Crippen LogP contribution >= 0.6 is 11.6 Å². The molecule has 92 valence electrons. The van der Waals surface area contributed by atoms with Gasteiger partial charge in [0.1, 0.15) is 5.60 Å². The van der Waals surface area contributed by atoms with Crippen LogP contribution < -0.4 is 5.73 Å². The third kappa shape index (κ3) is 2.39. The molecule has 16 heavy (non-hydrogen) atoms. The molecule has 0 bridgehead atoms. The Morgan fingerprint density at radius 3 is 2.69 bits per heavy atom. The van der Waals surface area contributed by atoms with Crippen molar-refractivity contribution in [2.24, 2.45) is 5.73 Å². The molecule has 0 aliphatic rings. The number of aromatic nitrogens is 2. The number of halogens is 1. The van der Waals surface area contributed by atoms with Crippen molar-refractivity contribution < 1.29 is 5.11 Å². The van der Waals surface area contributed by atoms with Gasteiger partial charge in [-0.25, -0.2) is 0 Å². The Kier molecular flexibility index (Phi) is 4.35. The van der Waals surface area contributed by atoms with Crippen LogP contribution in [-0.4, -0.2) is 21.4 Å². The van der Waals surface area contributed by atoms with E-state index in [0.717, 1.165) is 6.42 Å². The number of nitrogens with two attached hydrogens (primary N) is 1. The zero-order valence-electron chi connectivity index (χ0n) is 10.1. The molecule has 0 amide bonds. The topological polar surface area (TPSA) is 64.1 Å². The molecule has 0 fully saturated rings. The largest absolute Gasteiger partial charge is 0.382 e. The van der Waals surface area contributed by atoms with Crippen LogP contribution in [-0.2, 0) is 5.60 Å². The lowest BCUT2D eigenvalue weighted by molar-refractivity contribution is 0.0258. The van der Waals surface area contributed by atoms with Crippen LogP contribution in [0.4, 0.5) is 0 Å². The SMILES string of the molecule is CCCC(O)(CN)c1c(Cl)cnn1C(C)C. The van der Waals surface area contributed by atoms with Gasteiger partial charge in [-0.1, -0.05) is 24.9 Å². The molecule has 0 saturated heterocycles. The first-order chi connectivity index (χ1) is 7.46. The molecule has 1 aromatic rings. The summed E-state index contributed by atoms with van der Waals surface area (Å²) in [6, 6.07) is 0.150. The number of aliphatic hydroxyl groups is 1. The van der Waals surface area contributed by atoms with Gasteiger partial charge in [-0.3, -0.25) is 4.68 Å². The molecule has 1 rings (SSSR count). The molecule has 5 heteroatoms. The molecule has 0 radical (unpaired) electrons. The number of nitrogens with zero attached hydrogens (tertiary/aromatic N) is 2. The highest BCUT2D eigenvalue weighted by molar-refractivity contribution is 6.31. The van der Waals surface area contributed by atoms with Crippen molar-refractivity contribution in [3.8, 4) is 0 Å². The third-order valence-electron chi connectivity index (χ3n) is 2.68. The summed E-state index contributed by atoms with van der Waals surface area (Å²) in [7, 11) is 0. The van der Waals surface area contributed by atoms with Gasteiger partial charge >= 0.3 is 0 Å². The predicted molar refractivity (Wildman–Crippen MR) is 65.5 cm³/mol. The van der Waals surface area contributed by atoms with Crippen molar-refractivity contribution in [1.82, 2.24) is 9.78 Å². The minimum atomic E-state index is -1.08. The fourth-order valence-electron chi connectivity index (χ4n) is 1.90. The van der Waals surface area contributed by atoms with Crippen LogP contribution in [0.5, 0.6) is 0 Å². The highest BCUT2D eigenvalue weighted by Gasteiger charge is 2.33. The second kappa shape index (κ2) is 5.17. The molecule has 0 aliphatic heterocycles. The maximum atomic E-state index is 10.5. The lowest BCUT2D eigenvalue weighted by Crippen LogP contribution is -2.37. The van der Waals surface area contributed by atoms with Crippen LogP contribution in [0.25, 0.3) is 0 Å². The van der Waals surface area contributed by atoms with Gasteiger partial charge in [0.2, 0.25) is 0 Å². The molecule has 3 N–H and O–H groups in total. The van der Waals surface area contributed by atoms with Crippen LogP contribution in [0.1, 0.15) is 45.3 Å². The minimum Gasteiger partial charge on any atom is -0.382 e. The van der Waals surface area contributed by atoms with E-state index >= 15 is 0 Å². The molecule has 0 saturated carbocycles. The van der Waals surface area contributed by atoms with Gasteiger partial charge in [0.05, 0.1) is 16.9 Å². The van der Waals surface area contributed by atoms with E-state index in [1.165, 1.54) is 0 Å². The van der Waals surface area contributed by atoms with Crippen molar-refractivity contribution in [3.05, 3.63) is 16.9 Å². The van der Waals surface area contributed by atoms with Gasteiger partial charge in [-0.15, -0.1) is 0 Å². The van der Waals surface area contributed by atoms with E-state index in [1.54, 1.807) is 10.9 Å². The Balaban J connectivity index is 3.22. The second-order valence-electron chi connectivity index (χ2n) is 4.37. The quantitative estimate of drug-likeness (QED) is 0.835. The maximum absolute atomic E-state index is 10.5. The van der Waals surface area contributed by atoms with E-state index in [-0.39, 0.29) is 12.6 Å². The molecule has 4 nitrogen and oxygen atoms in total. The van der Waals surface area contributed by atoms with Crippen LogP contribution in [0, 0.1) is 0 Å². The van der Waals surface area contributed by atoms with Crippen LogP contribution in [0.2, 0.25) is 5.02 Å². The number of hydrogen-bond donors (Lipinski definition) is 2. The van der Waals surface area contributed by atoms with Gasteiger partial charge in [0.25, 0.3) is 0 Å². The van der Waals surface area contributed by atoms with E-state index < -0.39 is 5.60 Å². The van der Waals surface area contributed by atoms with Crippen molar-refractivity contribution in [1.29, 1.82) is 0 Å². The smallest absolute Gasteiger partial charge is 0.120 e. The standard InChI is InChI=1S/C11H20ClN3O/c1-4-5-11(16,7-13)10-9(12)6-14-15(10)8(2)3/h6,8,16H,4-5,7,13H2,1-3H3. The van der Waals surface area contributed by atoms with Gasteiger partial charge in [-0.05, 0) is 20.3 Å². The summed E-state index contributed by atoms with van der Waals surface area (Å²) in [6.45, 7) is 6.15. The first-order valence-electron chi connectivity index (χ1n) is 5.62. The zero-order chi connectivity index (χ0) is 12.3. The third-order valence-corrected chi connectivity index (χ3v) is 2.96. The maximum Gasteiger partial charge on any atom is 0.120 e. The Morgan fingerprint density at radius 1 is 1.62 bits per heavy atom. The highest BCUT2D eigenvalue weighted by atomic mass is 35.5. The molecule has 1 atom stereocenters. The monoisotopic (exact) mass is 245 g/mol. The lowest BCUT2D eigenvalue weighted by Gasteiger charge is -2.28. The average Bonchev–Trinajstić information content (AvgIpc) is 2.61. The normalized spacial score (nSPS) is 15.4. The first-order valence-corrected chi connectivity index (χ1v) is 6.00. The van der Waals surface area contributed by atoms with Crippen molar-refractivity contribution >= 4 is 11.6 Å².